The Labute approximate surface area is 261 Å². The predicted molar refractivity (Wildman–Crippen MR) is 174 cm³/mol. The zero-order valence-electron chi connectivity index (χ0n) is 29.6. The molecule has 0 heterocycles. The fraction of sp³-hybridized carbons (Fsp3) is 1.00. The standard InChI is InChI=1S/C33H74N3O6/c1-10-11-12-13-14-15-16-17-18-36(8,9)21-24-39-26-28-41-32-33(42-30-29-38-23-20-35(5,6)7)31-40-27-25-37-22-19-34(2,3)4/h33H,10-32H2,1-9H3/q+3. The van der Waals surface area contributed by atoms with E-state index in [9.17, 15) is 0 Å². The third-order valence-electron chi connectivity index (χ3n) is 7.20. The Morgan fingerprint density at radius 1 is 0.405 bits per heavy atom. The van der Waals surface area contributed by atoms with Crippen LogP contribution in [0.1, 0.15) is 58.3 Å². The highest BCUT2D eigenvalue weighted by Crippen LogP contribution is 2.10. The minimum absolute atomic E-state index is 0.138. The molecule has 42 heavy (non-hydrogen) atoms. The van der Waals surface area contributed by atoms with E-state index in [0.717, 1.165) is 52.9 Å². The predicted octanol–water partition coefficient (Wildman–Crippen LogP) is 4.08. The normalized spacial score (nSPS) is 13.6. The maximum absolute atomic E-state index is 6.03. The van der Waals surface area contributed by atoms with Gasteiger partial charge in [-0.2, -0.15) is 0 Å². The van der Waals surface area contributed by atoms with E-state index in [0.29, 0.717) is 52.9 Å². The minimum atomic E-state index is -0.138. The van der Waals surface area contributed by atoms with Crippen LogP contribution in [0.25, 0.3) is 0 Å². The third-order valence-corrected chi connectivity index (χ3v) is 7.20. The molecule has 9 heteroatoms. The highest BCUT2D eigenvalue weighted by Gasteiger charge is 2.15. The molecule has 0 aromatic heterocycles. The molecule has 0 saturated heterocycles. The molecule has 0 saturated carbocycles. The van der Waals surface area contributed by atoms with Crippen LogP contribution in [0.5, 0.6) is 0 Å². The first-order valence-electron chi connectivity index (χ1n) is 16.8. The van der Waals surface area contributed by atoms with Crippen LogP contribution in [0.3, 0.4) is 0 Å². The number of unbranched alkanes of at least 4 members (excludes halogenated alkanes) is 7. The summed E-state index contributed by atoms with van der Waals surface area (Å²) in [6.07, 6.45) is 10.8. The fourth-order valence-electron chi connectivity index (χ4n) is 4.16. The van der Waals surface area contributed by atoms with Crippen molar-refractivity contribution in [3.05, 3.63) is 0 Å². The Morgan fingerprint density at radius 2 is 0.810 bits per heavy atom. The highest BCUT2D eigenvalue weighted by molar-refractivity contribution is 4.56. The van der Waals surface area contributed by atoms with Gasteiger partial charge in [-0.3, -0.25) is 0 Å². The monoisotopic (exact) mass is 609 g/mol. The fourth-order valence-corrected chi connectivity index (χ4v) is 4.16. The van der Waals surface area contributed by atoms with Crippen molar-refractivity contribution in [3.63, 3.8) is 0 Å². The molecule has 254 valence electrons. The van der Waals surface area contributed by atoms with Crippen molar-refractivity contribution < 1.29 is 41.9 Å². The van der Waals surface area contributed by atoms with Gasteiger partial charge in [0.15, 0.2) is 0 Å². The smallest absolute Gasteiger partial charge is 0.104 e. The van der Waals surface area contributed by atoms with Gasteiger partial charge in [-0.15, -0.1) is 0 Å². The summed E-state index contributed by atoms with van der Waals surface area (Å²) in [7, 11) is 17.6. The van der Waals surface area contributed by atoms with E-state index < -0.39 is 0 Å². The van der Waals surface area contributed by atoms with E-state index in [1.165, 1.54) is 57.9 Å². The lowest BCUT2D eigenvalue weighted by atomic mass is 10.1. The summed E-state index contributed by atoms with van der Waals surface area (Å²) in [4.78, 5) is 0. The van der Waals surface area contributed by atoms with Crippen LogP contribution in [-0.2, 0) is 28.4 Å². The van der Waals surface area contributed by atoms with E-state index in [4.69, 9.17) is 28.4 Å². The second-order valence-corrected chi connectivity index (χ2v) is 14.4. The lowest BCUT2D eigenvalue weighted by molar-refractivity contribution is -0.891. The molecule has 0 aliphatic rings. The van der Waals surface area contributed by atoms with Crippen LogP contribution in [0, 0.1) is 0 Å². The van der Waals surface area contributed by atoms with Gasteiger partial charge in [0.05, 0.1) is 136 Å². The molecule has 0 fully saturated rings. The molecular formula is C33H74N3O6+3. The lowest BCUT2D eigenvalue weighted by Crippen LogP contribution is -2.43. The molecule has 0 bridgehead atoms. The van der Waals surface area contributed by atoms with Crippen molar-refractivity contribution in [2.24, 2.45) is 0 Å². The van der Waals surface area contributed by atoms with Crippen LogP contribution < -0.4 is 0 Å². The number of hydrogen-bond acceptors (Lipinski definition) is 6. The Bertz CT molecular complexity index is 581. The zero-order chi connectivity index (χ0) is 31.6. The number of likely N-dealkylation sites (N-methyl/N-ethyl adjacent to an activating group) is 3. The zero-order valence-corrected chi connectivity index (χ0v) is 29.6. The Kier molecular flexibility index (Phi) is 25.7. The summed E-state index contributed by atoms with van der Waals surface area (Å²) in [5.41, 5.74) is 0. The molecule has 0 aliphatic heterocycles. The summed E-state index contributed by atoms with van der Waals surface area (Å²) in [6, 6.07) is 0. The molecular weight excluding hydrogens is 534 g/mol. The third kappa shape index (κ3) is 32.6. The summed E-state index contributed by atoms with van der Waals surface area (Å²) in [5.74, 6) is 0. The molecule has 0 aromatic rings. The van der Waals surface area contributed by atoms with Crippen LogP contribution in [-0.4, -0.2) is 175 Å². The van der Waals surface area contributed by atoms with Crippen LogP contribution in [0.4, 0.5) is 0 Å². The van der Waals surface area contributed by atoms with Gasteiger partial charge in [-0.25, -0.2) is 0 Å². The van der Waals surface area contributed by atoms with E-state index in [1.54, 1.807) is 0 Å². The van der Waals surface area contributed by atoms with Crippen molar-refractivity contribution in [1.82, 2.24) is 0 Å². The Morgan fingerprint density at radius 3 is 1.29 bits per heavy atom. The number of hydrogen-bond donors (Lipinski definition) is 0. The maximum Gasteiger partial charge on any atom is 0.104 e. The molecule has 0 rings (SSSR count). The average Bonchev–Trinajstić information content (AvgIpc) is 2.89. The van der Waals surface area contributed by atoms with Gasteiger partial charge in [0.2, 0.25) is 0 Å². The second-order valence-electron chi connectivity index (χ2n) is 14.4. The van der Waals surface area contributed by atoms with E-state index >= 15 is 0 Å². The minimum Gasteiger partial charge on any atom is -0.376 e. The van der Waals surface area contributed by atoms with Gasteiger partial charge in [-0.1, -0.05) is 45.4 Å². The molecule has 1 unspecified atom stereocenters. The van der Waals surface area contributed by atoms with Crippen molar-refractivity contribution in [3.8, 4) is 0 Å². The topological polar surface area (TPSA) is 55.4 Å². The quantitative estimate of drug-likeness (QED) is 0.0848. The number of nitrogens with zero attached hydrogens (tertiary/aromatic N) is 3. The lowest BCUT2D eigenvalue weighted by Gasteiger charge is -2.29. The van der Waals surface area contributed by atoms with Gasteiger partial charge in [0, 0.05) is 0 Å². The van der Waals surface area contributed by atoms with Crippen molar-refractivity contribution in [1.29, 1.82) is 0 Å². The van der Waals surface area contributed by atoms with Crippen molar-refractivity contribution in [2.75, 3.05) is 155 Å². The van der Waals surface area contributed by atoms with E-state index in [2.05, 4.69) is 63.3 Å². The Hall–Kier alpha value is -0.360. The highest BCUT2D eigenvalue weighted by atomic mass is 16.6. The number of rotatable bonds is 32. The molecule has 0 aromatic carbocycles. The van der Waals surface area contributed by atoms with Crippen molar-refractivity contribution >= 4 is 0 Å². The van der Waals surface area contributed by atoms with Crippen LogP contribution in [0.2, 0.25) is 0 Å². The maximum atomic E-state index is 6.03. The van der Waals surface area contributed by atoms with Gasteiger partial charge < -0.3 is 41.9 Å². The summed E-state index contributed by atoms with van der Waals surface area (Å²) < 4.78 is 37.9. The molecule has 0 spiro atoms. The molecule has 0 N–H and O–H groups in total. The van der Waals surface area contributed by atoms with Gasteiger partial charge >= 0.3 is 0 Å². The first kappa shape index (κ1) is 41.6. The van der Waals surface area contributed by atoms with Gasteiger partial charge in [0.25, 0.3) is 0 Å². The van der Waals surface area contributed by atoms with Crippen LogP contribution >= 0.6 is 0 Å². The van der Waals surface area contributed by atoms with Gasteiger partial charge in [0.1, 0.15) is 25.7 Å². The summed E-state index contributed by atoms with van der Waals surface area (Å²) >= 11 is 0. The summed E-state index contributed by atoms with van der Waals surface area (Å²) in [6.45, 7) is 13.0. The van der Waals surface area contributed by atoms with Gasteiger partial charge in [-0.05, 0) is 12.8 Å². The van der Waals surface area contributed by atoms with E-state index in [1.807, 2.05) is 0 Å². The largest absolute Gasteiger partial charge is 0.376 e. The molecule has 0 radical (unpaired) electrons. The first-order valence-corrected chi connectivity index (χ1v) is 16.8. The van der Waals surface area contributed by atoms with Crippen molar-refractivity contribution in [2.45, 2.75) is 64.4 Å². The number of ether oxygens (including phenoxy) is 6. The molecule has 1 atom stereocenters. The second kappa shape index (κ2) is 25.9. The Balaban J connectivity index is 4.07. The SMILES string of the molecule is CCCCCCCCCC[N+](C)(C)CCOCCOCC(COCCOCC[N+](C)(C)C)OCCOCC[N+](C)(C)C. The first-order chi connectivity index (χ1) is 19.8. The van der Waals surface area contributed by atoms with Crippen LogP contribution in [0.15, 0.2) is 0 Å². The van der Waals surface area contributed by atoms with E-state index in [-0.39, 0.29) is 6.10 Å². The molecule has 0 aliphatic carbocycles. The average molecular weight is 609 g/mol. The number of quaternary nitrogens is 3. The molecule has 0 amide bonds. The summed E-state index contributed by atoms with van der Waals surface area (Å²) in [5, 5.41) is 0. The molecule has 9 nitrogen and oxygen atoms in total.